The van der Waals surface area contributed by atoms with Gasteiger partial charge < -0.3 is 15.1 Å². The number of hydrogen-bond donors (Lipinski definition) is 1. The SMILES string of the molecule is Cc1cccc(C)c1N1CCN(C(=O)Nc2ccc(C#N)cc2)CC1. The second kappa shape index (κ2) is 7.27. The van der Waals surface area contributed by atoms with Crippen LogP contribution in [0.5, 0.6) is 0 Å². The number of hydrogen-bond acceptors (Lipinski definition) is 3. The van der Waals surface area contributed by atoms with Crippen molar-refractivity contribution in [2.75, 3.05) is 36.4 Å². The molecule has 0 aromatic heterocycles. The summed E-state index contributed by atoms with van der Waals surface area (Å²) in [4.78, 5) is 16.6. The van der Waals surface area contributed by atoms with Crippen molar-refractivity contribution in [3.63, 3.8) is 0 Å². The highest BCUT2D eigenvalue weighted by Crippen LogP contribution is 2.25. The Hall–Kier alpha value is -3.00. The van der Waals surface area contributed by atoms with Crippen molar-refractivity contribution >= 4 is 17.4 Å². The molecule has 5 nitrogen and oxygen atoms in total. The molecule has 2 aromatic rings. The van der Waals surface area contributed by atoms with Gasteiger partial charge in [-0.2, -0.15) is 5.26 Å². The number of carbonyl (C=O) groups excluding carboxylic acids is 1. The molecule has 0 atom stereocenters. The molecule has 0 radical (unpaired) electrons. The number of benzene rings is 2. The second-order valence-corrected chi connectivity index (χ2v) is 6.33. The quantitative estimate of drug-likeness (QED) is 0.914. The van der Waals surface area contributed by atoms with Crippen molar-refractivity contribution in [3.05, 3.63) is 59.2 Å². The first kappa shape index (κ1) is 16.8. The van der Waals surface area contributed by atoms with Crippen LogP contribution in [0.3, 0.4) is 0 Å². The van der Waals surface area contributed by atoms with Gasteiger partial charge in [0.15, 0.2) is 0 Å². The Balaban J connectivity index is 1.60. The van der Waals surface area contributed by atoms with Crippen LogP contribution < -0.4 is 10.2 Å². The van der Waals surface area contributed by atoms with E-state index in [9.17, 15) is 4.79 Å². The summed E-state index contributed by atoms with van der Waals surface area (Å²) in [7, 11) is 0. The molecule has 0 saturated carbocycles. The zero-order chi connectivity index (χ0) is 17.8. The van der Waals surface area contributed by atoms with Crippen LogP contribution in [0.1, 0.15) is 16.7 Å². The van der Waals surface area contributed by atoms with Crippen molar-refractivity contribution < 1.29 is 4.79 Å². The zero-order valence-electron chi connectivity index (χ0n) is 14.6. The summed E-state index contributed by atoms with van der Waals surface area (Å²) in [5.41, 5.74) is 5.13. The molecule has 5 heteroatoms. The number of urea groups is 1. The normalized spacial score (nSPS) is 14.1. The van der Waals surface area contributed by atoms with Gasteiger partial charge in [-0.3, -0.25) is 0 Å². The van der Waals surface area contributed by atoms with Crippen molar-refractivity contribution in [3.8, 4) is 6.07 Å². The second-order valence-electron chi connectivity index (χ2n) is 6.33. The monoisotopic (exact) mass is 334 g/mol. The third kappa shape index (κ3) is 3.74. The number of rotatable bonds is 2. The van der Waals surface area contributed by atoms with E-state index in [1.807, 2.05) is 4.90 Å². The van der Waals surface area contributed by atoms with E-state index in [0.29, 0.717) is 24.3 Å². The van der Waals surface area contributed by atoms with Gasteiger partial charge >= 0.3 is 6.03 Å². The lowest BCUT2D eigenvalue weighted by atomic mass is 10.1. The molecule has 1 saturated heterocycles. The van der Waals surface area contributed by atoms with E-state index in [1.165, 1.54) is 16.8 Å². The lowest BCUT2D eigenvalue weighted by Crippen LogP contribution is -2.50. The minimum atomic E-state index is -0.0918. The average molecular weight is 334 g/mol. The van der Waals surface area contributed by atoms with Crippen LogP contribution in [-0.2, 0) is 0 Å². The topological polar surface area (TPSA) is 59.4 Å². The van der Waals surface area contributed by atoms with E-state index in [-0.39, 0.29) is 6.03 Å². The summed E-state index contributed by atoms with van der Waals surface area (Å²) >= 11 is 0. The molecule has 0 bridgehead atoms. The van der Waals surface area contributed by atoms with Crippen molar-refractivity contribution in [1.82, 2.24) is 4.90 Å². The van der Waals surface area contributed by atoms with Gasteiger partial charge in [-0.1, -0.05) is 18.2 Å². The smallest absolute Gasteiger partial charge is 0.321 e. The minimum Gasteiger partial charge on any atom is -0.368 e. The van der Waals surface area contributed by atoms with E-state index in [2.05, 4.69) is 48.3 Å². The molecule has 2 amide bonds. The van der Waals surface area contributed by atoms with Crippen LogP contribution >= 0.6 is 0 Å². The summed E-state index contributed by atoms with van der Waals surface area (Å²) in [5, 5.41) is 11.7. The first-order valence-corrected chi connectivity index (χ1v) is 8.46. The number of aryl methyl sites for hydroxylation is 2. The highest BCUT2D eigenvalue weighted by molar-refractivity contribution is 5.89. The molecule has 1 aliphatic rings. The van der Waals surface area contributed by atoms with Crippen LogP contribution in [0.2, 0.25) is 0 Å². The van der Waals surface area contributed by atoms with E-state index in [0.717, 1.165) is 13.1 Å². The predicted molar refractivity (Wildman–Crippen MR) is 99.9 cm³/mol. The summed E-state index contributed by atoms with van der Waals surface area (Å²) in [6, 6.07) is 15.2. The predicted octanol–water partition coefficient (Wildman–Crippen LogP) is 3.53. The molecule has 3 rings (SSSR count). The van der Waals surface area contributed by atoms with Gasteiger partial charge in [-0.05, 0) is 49.2 Å². The lowest BCUT2D eigenvalue weighted by molar-refractivity contribution is 0.208. The van der Waals surface area contributed by atoms with Crippen molar-refractivity contribution in [2.45, 2.75) is 13.8 Å². The van der Waals surface area contributed by atoms with Crippen LogP contribution in [0, 0.1) is 25.2 Å². The summed E-state index contributed by atoms with van der Waals surface area (Å²) in [6.07, 6.45) is 0. The fraction of sp³-hybridized carbons (Fsp3) is 0.300. The molecular weight excluding hydrogens is 312 g/mol. The largest absolute Gasteiger partial charge is 0.368 e. The number of nitrogens with one attached hydrogen (secondary N) is 1. The van der Waals surface area contributed by atoms with Gasteiger partial charge in [0.25, 0.3) is 0 Å². The fourth-order valence-corrected chi connectivity index (χ4v) is 3.27. The molecule has 0 unspecified atom stereocenters. The van der Waals surface area contributed by atoms with Crippen LogP contribution in [0.25, 0.3) is 0 Å². The maximum atomic E-state index is 12.4. The van der Waals surface area contributed by atoms with Gasteiger partial charge in [0.05, 0.1) is 11.6 Å². The summed E-state index contributed by atoms with van der Waals surface area (Å²) in [5.74, 6) is 0. The van der Waals surface area contributed by atoms with Crippen LogP contribution in [0.15, 0.2) is 42.5 Å². The first-order valence-electron chi connectivity index (χ1n) is 8.46. The standard InChI is InChI=1S/C20H22N4O/c1-15-4-3-5-16(2)19(15)23-10-12-24(13-11-23)20(25)22-18-8-6-17(14-21)7-9-18/h3-9H,10-13H2,1-2H3,(H,22,25). The number of piperazine rings is 1. The number of nitriles is 1. The van der Waals surface area contributed by atoms with E-state index < -0.39 is 0 Å². The number of para-hydroxylation sites is 1. The molecule has 1 heterocycles. The molecule has 1 N–H and O–H groups in total. The van der Waals surface area contributed by atoms with Crippen molar-refractivity contribution in [2.24, 2.45) is 0 Å². The maximum Gasteiger partial charge on any atom is 0.321 e. The number of carbonyl (C=O) groups is 1. The molecule has 1 aliphatic heterocycles. The van der Waals surface area contributed by atoms with E-state index >= 15 is 0 Å². The highest BCUT2D eigenvalue weighted by Gasteiger charge is 2.22. The molecule has 25 heavy (non-hydrogen) atoms. The third-order valence-electron chi connectivity index (χ3n) is 4.59. The zero-order valence-corrected chi connectivity index (χ0v) is 14.6. The molecule has 1 fully saturated rings. The number of anilines is 2. The van der Waals surface area contributed by atoms with Crippen molar-refractivity contribution in [1.29, 1.82) is 5.26 Å². The molecule has 128 valence electrons. The Labute approximate surface area is 148 Å². The fourth-order valence-electron chi connectivity index (χ4n) is 3.27. The van der Waals surface area contributed by atoms with Crippen LogP contribution in [-0.4, -0.2) is 37.1 Å². The van der Waals surface area contributed by atoms with Gasteiger partial charge in [0.1, 0.15) is 0 Å². The first-order chi connectivity index (χ1) is 12.1. The Morgan fingerprint density at radius 2 is 1.60 bits per heavy atom. The van der Waals surface area contributed by atoms with Gasteiger partial charge in [0.2, 0.25) is 0 Å². The Kier molecular flexibility index (Phi) is 4.90. The lowest BCUT2D eigenvalue weighted by Gasteiger charge is -2.37. The maximum absolute atomic E-state index is 12.4. The van der Waals surface area contributed by atoms with Gasteiger partial charge in [0, 0.05) is 37.6 Å². The minimum absolute atomic E-state index is 0.0918. The molecular formula is C20H22N4O. The highest BCUT2D eigenvalue weighted by atomic mass is 16.2. The third-order valence-corrected chi connectivity index (χ3v) is 4.59. The summed E-state index contributed by atoms with van der Waals surface area (Å²) in [6.45, 7) is 7.30. The number of nitrogens with zero attached hydrogens (tertiary/aromatic N) is 3. The Morgan fingerprint density at radius 3 is 2.16 bits per heavy atom. The molecule has 2 aromatic carbocycles. The van der Waals surface area contributed by atoms with Gasteiger partial charge in [-0.25, -0.2) is 4.79 Å². The average Bonchev–Trinajstić information content (AvgIpc) is 2.63. The molecule has 0 aliphatic carbocycles. The Bertz CT molecular complexity index is 779. The van der Waals surface area contributed by atoms with Gasteiger partial charge in [-0.15, -0.1) is 0 Å². The van der Waals surface area contributed by atoms with E-state index in [1.54, 1.807) is 24.3 Å². The number of amides is 2. The molecule has 0 spiro atoms. The Morgan fingerprint density at radius 1 is 1.00 bits per heavy atom. The summed E-state index contributed by atoms with van der Waals surface area (Å²) < 4.78 is 0. The van der Waals surface area contributed by atoms with Crippen LogP contribution in [0.4, 0.5) is 16.2 Å². The van der Waals surface area contributed by atoms with E-state index in [4.69, 9.17) is 5.26 Å².